The van der Waals surface area contributed by atoms with Crippen LogP contribution in [0.15, 0.2) is 66.9 Å². The van der Waals surface area contributed by atoms with Gasteiger partial charge in [-0.15, -0.1) is 0 Å². The molecule has 26 heavy (non-hydrogen) atoms. The molecule has 0 fully saturated rings. The van der Waals surface area contributed by atoms with Crippen molar-refractivity contribution in [2.75, 3.05) is 18.5 Å². The van der Waals surface area contributed by atoms with E-state index >= 15 is 0 Å². The highest BCUT2D eigenvalue weighted by molar-refractivity contribution is 5.90. The van der Waals surface area contributed by atoms with Gasteiger partial charge >= 0.3 is 0 Å². The molecule has 0 saturated carbocycles. The second kappa shape index (κ2) is 8.71. The molecule has 0 aliphatic carbocycles. The van der Waals surface area contributed by atoms with Gasteiger partial charge < -0.3 is 14.8 Å². The van der Waals surface area contributed by atoms with Gasteiger partial charge in [-0.1, -0.05) is 25.1 Å². The van der Waals surface area contributed by atoms with E-state index in [0.717, 1.165) is 17.9 Å². The van der Waals surface area contributed by atoms with Gasteiger partial charge in [0, 0.05) is 12.3 Å². The van der Waals surface area contributed by atoms with Crippen LogP contribution in [-0.2, 0) is 4.79 Å². The number of benzene rings is 2. The molecule has 6 heteroatoms. The van der Waals surface area contributed by atoms with Crippen molar-refractivity contribution in [3.05, 3.63) is 66.9 Å². The minimum Gasteiger partial charge on any atom is -0.494 e. The molecule has 6 nitrogen and oxygen atoms in total. The number of nitrogens with one attached hydrogen (secondary N) is 1. The number of hydrogen-bond acceptors (Lipinski definition) is 4. The van der Waals surface area contributed by atoms with Crippen molar-refractivity contribution < 1.29 is 14.3 Å². The molecule has 1 aromatic heterocycles. The van der Waals surface area contributed by atoms with Crippen LogP contribution in [0.3, 0.4) is 0 Å². The molecule has 2 aromatic carbocycles. The number of hydrogen-bond donors (Lipinski definition) is 1. The predicted octanol–water partition coefficient (Wildman–Crippen LogP) is 3.68. The summed E-state index contributed by atoms with van der Waals surface area (Å²) in [4.78, 5) is 12.0. The molecule has 1 amide bonds. The molecule has 0 saturated heterocycles. The van der Waals surface area contributed by atoms with E-state index in [4.69, 9.17) is 9.47 Å². The van der Waals surface area contributed by atoms with E-state index in [1.54, 1.807) is 29.1 Å². The first-order chi connectivity index (χ1) is 12.7. The van der Waals surface area contributed by atoms with Gasteiger partial charge in [0.25, 0.3) is 5.91 Å². The fraction of sp³-hybridized carbons (Fsp3) is 0.200. The molecule has 3 aromatic rings. The number of carbonyl (C=O) groups is 1. The van der Waals surface area contributed by atoms with Gasteiger partial charge in [-0.3, -0.25) is 4.79 Å². The Labute approximate surface area is 152 Å². The Balaban J connectivity index is 1.49. The molecule has 0 aliphatic rings. The average Bonchev–Trinajstić information content (AvgIpc) is 3.14. The fourth-order valence-electron chi connectivity index (χ4n) is 2.29. The standard InChI is InChI=1S/C20H21N3O3/c1-2-14-25-17-8-10-18(11-9-17)26-15-20(24)21-19-12-13-23(22-19)16-6-4-3-5-7-16/h3-13H,2,14-15H2,1H3,(H,21,22,24). The smallest absolute Gasteiger partial charge is 0.263 e. The van der Waals surface area contributed by atoms with E-state index in [1.807, 2.05) is 42.5 Å². The van der Waals surface area contributed by atoms with E-state index in [2.05, 4.69) is 17.3 Å². The van der Waals surface area contributed by atoms with Crippen molar-refractivity contribution in [1.29, 1.82) is 0 Å². The highest BCUT2D eigenvalue weighted by Crippen LogP contribution is 2.18. The molecule has 0 bridgehead atoms. The zero-order chi connectivity index (χ0) is 18.2. The number of anilines is 1. The maximum Gasteiger partial charge on any atom is 0.263 e. The summed E-state index contributed by atoms with van der Waals surface area (Å²) in [7, 11) is 0. The first-order valence-corrected chi connectivity index (χ1v) is 8.51. The number of para-hydroxylation sites is 1. The second-order valence-corrected chi connectivity index (χ2v) is 5.64. The Kier molecular flexibility index (Phi) is 5.88. The van der Waals surface area contributed by atoms with E-state index in [-0.39, 0.29) is 12.5 Å². The van der Waals surface area contributed by atoms with E-state index in [9.17, 15) is 4.79 Å². The lowest BCUT2D eigenvalue weighted by atomic mass is 10.3. The number of nitrogens with zero attached hydrogens (tertiary/aromatic N) is 2. The molecular weight excluding hydrogens is 330 g/mol. The summed E-state index contributed by atoms with van der Waals surface area (Å²) in [5.74, 6) is 1.61. The topological polar surface area (TPSA) is 65.4 Å². The maximum atomic E-state index is 12.0. The Morgan fingerprint density at radius 2 is 1.69 bits per heavy atom. The van der Waals surface area contributed by atoms with Crippen LogP contribution in [0, 0.1) is 0 Å². The van der Waals surface area contributed by atoms with E-state index < -0.39 is 0 Å². The lowest BCUT2D eigenvalue weighted by Gasteiger charge is -2.08. The van der Waals surface area contributed by atoms with Crippen LogP contribution in [-0.4, -0.2) is 28.9 Å². The zero-order valence-electron chi connectivity index (χ0n) is 14.6. The normalized spacial score (nSPS) is 10.3. The van der Waals surface area contributed by atoms with Gasteiger partial charge in [0.2, 0.25) is 0 Å². The van der Waals surface area contributed by atoms with Crippen LogP contribution in [0.4, 0.5) is 5.82 Å². The van der Waals surface area contributed by atoms with Gasteiger partial charge in [0.05, 0.1) is 12.3 Å². The monoisotopic (exact) mass is 351 g/mol. The maximum absolute atomic E-state index is 12.0. The first kappa shape index (κ1) is 17.5. The average molecular weight is 351 g/mol. The molecule has 3 rings (SSSR count). The van der Waals surface area contributed by atoms with Gasteiger partial charge in [0.1, 0.15) is 11.5 Å². The van der Waals surface area contributed by atoms with E-state index in [1.165, 1.54) is 0 Å². The molecular formula is C20H21N3O3. The van der Waals surface area contributed by atoms with E-state index in [0.29, 0.717) is 18.2 Å². The van der Waals surface area contributed by atoms with Crippen LogP contribution in [0.5, 0.6) is 11.5 Å². The summed E-state index contributed by atoms with van der Waals surface area (Å²) in [6, 6.07) is 18.6. The number of aromatic nitrogens is 2. The van der Waals surface area contributed by atoms with Crippen molar-refractivity contribution >= 4 is 11.7 Å². The summed E-state index contributed by atoms with van der Waals surface area (Å²) < 4.78 is 12.7. The molecule has 1 heterocycles. The zero-order valence-corrected chi connectivity index (χ0v) is 14.6. The van der Waals surface area contributed by atoms with Gasteiger partial charge in [-0.05, 0) is 42.8 Å². The van der Waals surface area contributed by atoms with Gasteiger partial charge in [-0.2, -0.15) is 5.10 Å². The third kappa shape index (κ3) is 4.86. The first-order valence-electron chi connectivity index (χ1n) is 8.51. The summed E-state index contributed by atoms with van der Waals surface area (Å²) >= 11 is 0. The fourth-order valence-corrected chi connectivity index (χ4v) is 2.29. The van der Waals surface area contributed by atoms with Crippen molar-refractivity contribution in [2.24, 2.45) is 0 Å². The summed E-state index contributed by atoms with van der Waals surface area (Å²) in [5, 5.41) is 7.05. The van der Waals surface area contributed by atoms with Crippen molar-refractivity contribution in [3.63, 3.8) is 0 Å². The predicted molar refractivity (Wildman–Crippen MR) is 99.9 cm³/mol. The quantitative estimate of drug-likeness (QED) is 0.672. The van der Waals surface area contributed by atoms with Crippen LogP contribution in [0.1, 0.15) is 13.3 Å². The SMILES string of the molecule is CCCOc1ccc(OCC(=O)Nc2ccn(-c3ccccc3)n2)cc1. The van der Waals surface area contributed by atoms with Crippen molar-refractivity contribution in [2.45, 2.75) is 13.3 Å². The van der Waals surface area contributed by atoms with Crippen LogP contribution < -0.4 is 14.8 Å². The highest BCUT2D eigenvalue weighted by atomic mass is 16.5. The van der Waals surface area contributed by atoms with Crippen LogP contribution in [0.25, 0.3) is 5.69 Å². The van der Waals surface area contributed by atoms with Crippen LogP contribution in [0.2, 0.25) is 0 Å². The lowest BCUT2D eigenvalue weighted by Crippen LogP contribution is -2.20. The molecule has 0 atom stereocenters. The molecule has 0 radical (unpaired) electrons. The van der Waals surface area contributed by atoms with Crippen molar-refractivity contribution in [3.8, 4) is 17.2 Å². The molecule has 0 aliphatic heterocycles. The van der Waals surface area contributed by atoms with Gasteiger partial charge in [-0.25, -0.2) is 4.68 Å². The number of amides is 1. The number of ether oxygens (including phenoxy) is 2. The summed E-state index contributed by atoms with van der Waals surface area (Å²) in [6.07, 6.45) is 2.75. The Morgan fingerprint density at radius 1 is 1.00 bits per heavy atom. The third-order valence-corrected chi connectivity index (χ3v) is 3.54. The Bertz CT molecular complexity index is 829. The van der Waals surface area contributed by atoms with Crippen LogP contribution >= 0.6 is 0 Å². The highest BCUT2D eigenvalue weighted by Gasteiger charge is 2.07. The largest absolute Gasteiger partial charge is 0.494 e. The third-order valence-electron chi connectivity index (χ3n) is 3.54. The minimum absolute atomic E-state index is 0.0899. The minimum atomic E-state index is -0.269. The molecule has 1 N–H and O–H groups in total. The molecule has 134 valence electrons. The second-order valence-electron chi connectivity index (χ2n) is 5.64. The van der Waals surface area contributed by atoms with Gasteiger partial charge in [0.15, 0.2) is 12.4 Å². The Morgan fingerprint density at radius 3 is 2.38 bits per heavy atom. The van der Waals surface area contributed by atoms with Crippen molar-refractivity contribution in [1.82, 2.24) is 9.78 Å². The summed E-state index contributed by atoms with van der Waals surface area (Å²) in [6.45, 7) is 2.64. The summed E-state index contributed by atoms with van der Waals surface area (Å²) in [5.41, 5.74) is 0.926. The Hall–Kier alpha value is -3.28. The number of rotatable bonds is 8. The molecule has 0 unspecified atom stereocenters. The molecule has 0 spiro atoms. The number of carbonyl (C=O) groups excluding carboxylic acids is 1. The lowest BCUT2D eigenvalue weighted by molar-refractivity contribution is -0.118.